The molecule has 3 N–H and O–H groups in total. The van der Waals surface area contributed by atoms with E-state index in [2.05, 4.69) is 4.98 Å². The maximum atomic E-state index is 10.9. The van der Waals surface area contributed by atoms with Crippen molar-refractivity contribution in [1.29, 1.82) is 0 Å². The monoisotopic (exact) mass is 263 g/mol. The molecule has 2 aromatic heterocycles. The van der Waals surface area contributed by atoms with E-state index in [1.807, 2.05) is 17.5 Å². The van der Waals surface area contributed by atoms with Crippen LogP contribution in [0.5, 0.6) is 0 Å². The van der Waals surface area contributed by atoms with Crippen LogP contribution >= 0.6 is 11.3 Å². The number of thiophene rings is 1. The van der Waals surface area contributed by atoms with Crippen molar-refractivity contribution in [3.63, 3.8) is 0 Å². The lowest BCUT2D eigenvalue weighted by Gasteiger charge is -1.93. The van der Waals surface area contributed by atoms with Crippen LogP contribution in [-0.2, 0) is 9.59 Å². The number of aliphatic hydroxyl groups excluding tert-OH is 1. The van der Waals surface area contributed by atoms with Crippen molar-refractivity contribution in [2.75, 3.05) is 0 Å². The van der Waals surface area contributed by atoms with Gasteiger partial charge in [-0.1, -0.05) is 6.07 Å². The highest BCUT2D eigenvalue weighted by atomic mass is 32.1. The summed E-state index contributed by atoms with van der Waals surface area (Å²) in [7, 11) is 0. The Morgan fingerprint density at radius 2 is 2.11 bits per heavy atom. The van der Waals surface area contributed by atoms with E-state index in [0.29, 0.717) is 11.6 Å². The largest absolute Gasteiger partial charge is 0.507 e. The first-order valence-corrected chi connectivity index (χ1v) is 5.86. The minimum atomic E-state index is -1.60. The lowest BCUT2D eigenvalue weighted by Crippen LogP contribution is -2.09. The number of rotatable bonds is 4. The third kappa shape index (κ3) is 2.49. The molecule has 5 nitrogen and oxygen atoms in total. The standard InChI is InChI=1S/C12H9NO4S/c14-9(5-10(15)12(16)17)7-4-8(13-6-7)11-2-1-3-18-11/h1-6,13-14H,(H,16,17). The van der Waals surface area contributed by atoms with Crippen LogP contribution in [0.25, 0.3) is 16.3 Å². The van der Waals surface area contributed by atoms with Gasteiger partial charge in [0.15, 0.2) is 0 Å². The smallest absolute Gasteiger partial charge is 0.376 e. The van der Waals surface area contributed by atoms with E-state index >= 15 is 0 Å². The number of hydrogen-bond donors (Lipinski definition) is 3. The Morgan fingerprint density at radius 1 is 1.33 bits per heavy atom. The summed E-state index contributed by atoms with van der Waals surface area (Å²) >= 11 is 1.53. The van der Waals surface area contributed by atoms with Gasteiger partial charge in [0.25, 0.3) is 5.78 Å². The van der Waals surface area contributed by atoms with Crippen LogP contribution in [0.4, 0.5) is 0 Å². The predicted octanol–water partition coefficient (Wildman–Crippen LogP) is 2.30. The van der Waals surface area contributed by atoms with Gasteiger partial charge in [-0.15, -0.1) is 11.3 Å². The Labute approximate surface area is 106 Å². The molecule has 92 valence electrons. The first-order valence-electron chi connectivity index (χ1n) is 4.98. The molecule has 18 heavy (non-hydrogen) atoms. The molecule has 0 saturated heterocycles. The Balaban J connectivity index is 2.25. The van der Waals surface area contributed by atoms with Gasteiger partial charge in [-0.3, -0.25) is 4.79 Å². The molecule has 0 aromatic carbocycles. The molecule has 6 heteroatoms. The van der Waals surface area contributed by atoms with E-state index in [1.165, 1.54) is 17.5 Å². The van der Waals surface area contributed by atoms with Gasteiger partial charge in [-0.25, -0.2) is 4.79 Å². The fourth-order valence-corrected chi connectivity index (χ4v) is 2.09. The molecule has 2 rings (SSSR count). The molecule has 0 saturated carbocycles. The number of hydrogen-bond acceptors (Lipinski definition) is 4. The second kappa shape index (κ2) is 4.89. The van der Waals surface area contributed by atoms with Gasteiger partial charge in [-0.2, -0.15) is 0 Å². The van der Waals surface area contributed by atoms with Crippen molar-refractivity contribution in [2.24, 2.45) is 0 Å². The molecule has 0 unspecified atom stereocenters. The Bertz CT molecular complexity index is 610. The number of aromatic nitrogens is 1. The van der Waals surface area contributed by atoms with Crippen LogP contribution in [0.15, 0.2) is 35.9 Å². The SMILES string of the molecule is O=C(O)C(=O)C=C(O)c1c[nH]c(-c2cccs2)c1. The molecule has 2 heterocycles. The summed E-state index contributed by atoms with van der Waals surface area (Å²) in [4.78, 5) is 25.2. The number of H-pyrrole nitrogens is 1. The van der Waals surface area contributed by atoms with Gasteiger partial charge in [0.2, 0.25) is 0 Å². The number of carbonyl (C=O) groups is 2. The number of nitrogens with one attached hydrogen (secondary N) is 1. The average Bonchev–Trinajstić information content (AvgIpc) is 2.99. The van der Waals surface area contributed by atoms with Gasteiger partial charge in [-0.05, 0) is 17.5 Å². The van der Waals surface area contributed by atoms with Crippen molar-refractivity contribution in [2.45, 2.75) is 0 Å². The van der Waals surface area contributed by atoms with E-state index in [-0.39, 0.29) is 5.76 Å². The molecule has 0 bridgehead atoms. The summed E-state index contributed by atoms with van der Waals surface area (Å²) < 4.78 is 0. The minimum absolute atomic E-state index is 0.369. The summed E-state index contributed by atoms with van der Waals surface area (Å²) in [5.74, 6) is -3.14. The second-order valence-corrected chi connectivity index (χ2v) is 4.43. The number of aliphatic hydroxyl groups is 1. The number of ketones is 1. The maximum absolute atomic E-state index is 10.9. The topological polar surface area (TPSA) is 90.4 Å². The molecule has 0 radical (unpaired) electrons. The molecule has 0 aliphatic carbocycles. The lowest BCUT2D eigenvalue weighted by molar-refractivity contribution is -0.146. The summed E-state index contributed by atoms with van der Waals surface area (Å²) in [5.41, 5.74) is 1.16. The third-order valence-electron chi connectivity index (χ3n) is 2.24. The molecule has 0 aliphatic heterocycles. The van der Waals surface area contributed by atoms with Crippen molar-refractivity contribution >= 4 is 28.8 Å². The molecule has 0 atom stereocenters. The summed E-state index contributed by atoms with van der Waals surface area (Å²) in [6.07, 6.45) is 2.19. The Hall–Kier alpha value is -2.34. The molecular weight excluding hydrogens is 254 g/mol. The maximum Gasteiger partial charge on any atom is 0.376 e. The summed E-state index contributed by atoms with van der Waals surface area (Å²) in [5, 5.41) is 19.9. The molecule has 0 aliphatic rings. The van der Waals surface area contributed by atoms with E-state index in [9.17, 15) is 14.7 Å². The van der Waals surface area contributed by atoms with Gasteiger partial charge in [0, 0.05) is 17.8 Å². The second-order valence-electron chi connectivity index (χ2n) is 3.48. The highest BCUT2D eigenvalue weighted by Crippen LogP contribution is 2.25. The highest BCUT2D eigenvalue weighted by Gasteiger charge is 2.12. The predicted molar refractivity (Wildman–Crippen MR) is 67.4 cm³/mol. The molecule has 0 spiro atoms. The fraction of sp³-hybridized carbons (Fsp3) is 0. The van der Waals surface area contributed by atoms with Crippen LogP contribution in [0.2, 0.25) is 0 Å². The van der Waals surface area contributed by atoms with E-state index in [1.54, 1.807) is 6.07 Å². The fourth-order valence-electron chi connectivity index (χ4n) is 1.39. The van der Waals surface area contributed by atoms with Gasteiger partial charge >= 0.3 is 5.97 Å². The van der Waals surface area contributed by atoms with Crippen molar-refractivity contribution < 1.29 is 19.8 Å². The highest BCUT2D eigenvalue weighted by molar-refractivity contribution is 7.13. The van der Waals surface area contributed by atoms with Crippen molar-refractivity contribution in [3.05, 3.63) is 41.4 Å². The Morgan fingerprint density at radius 3 is 2.72 bits per heavy atom. The summed E-state index contributed by atoms with van der Waals surface area (Å²) in [6, 6.07) is 5.44. The van der Waals surface area contributed by atoms with Crippen LogP contribution in [0.3, 0.4) is 0 Å². The van der Waals surface area contributed by atoms with E-state index in [4.69, 9.17) is 5.11 Å². The molecule has 0 fully saturated rings. The number of carboxylic acids is 1. The third-order valence-corrected chi connectivity index (χ3v) is 3.15. The zero-order valence-electron chi connectivity index (χ0n) is 9.08. The first kappa shape index (κ1) is 12.1. The van der Waals surface area contributed by atoms with Crippen LogP contribution in [0.1, 0.15) is 5.56 Å². The van der Waals surface area contributed by atoms with E-state index in [0.717, 1.165) is 10.6 Å². The zero-order valence-corrected chi connectivity index (χ0v) is 9.90. The van der Waals surface area contributed by atoms with Crippen LogP contribution in [0, 0.1) is 0 Å². The Kier molecular flexibility index (Phi) is 3.29. The molecular formula is C12H9NO4S. The van der Waals surface area contributed by atoms with Crippen LogP contribution in [-0.4, -0.2) is 26.9 Å². The number of carboxylic acid groups (broad SMARTS) is 1. The van der Waals surface area contributed by atoms with E-state index < -0.39 is 11.8 Å². The van der Waals surface area contributed by atoms with Crippen LogP contribution < -0.4 is 0 Å². The zero-order chi connectivity index (χ0) is 13.1. The lowest BCUT2D eigenvalue weighted by atomic mass is 10.2. The number of aliphatic carboxylic acids is 1. The quantitative estimate of drug-likeness (QED) is 0.448. The summed E-state index contributed by atoms with van der Waals surface area (Å²) in [6.45, 7) is 0. The minimum Gasteiger partial charge on any atom is -0.507 e. The van der Waals surface area contributed by atoms with Crippen molar-refractivity contribution in [1.82, 2.24) is 4.98 Å². The number of aromatic amines is 1. The van der Waals surface area contributed by atoms with Gasteiger partial charge < -0.3 is 15.2 Å². The average molecular weight is 263 g/mol. The normalized spacial score (nSPS) is 11.4. The number of carbonyl (C=O) groups excluding carboxylic acids is 1. The molecule has 2 aromatic rings. The first-order chi connectivity index (χ1) is 8.58. The van der Waals surface area contributed by atoms with Gasteiger partial charge in [0.1, 0.15) is 5.76 Å². The van der Waals surface area contributed by atoms with Gasteiger partial charge in [0.05, 0.1) is 10.6 Å². The molecule has 0 amide bonds. The van der Waals surface area contributed by atoms with Crippen molar-refractivity contribution in [3.8, 4) is 10.6 Å².